The van der Waals surface area contributed by atoms with Gasteiger partial charge in [0, 0.05) is 17.2 Å². The van der Waals surface area contributed by atoms with E-state index >= 15 is 0 Å². The summed E-state index contributed by atoms with van der Waals surface area (Å²) in [7, 11) is 0. The van der Waals surface area contributed by atoms with Crippen molar-refractivity contribution >= 4 is 12.0 Å². The molecule has 0 saturated carbocycles. The van der Waals surface area contributed by atoms with Gasteiger partial charge < -0.3 is 19.4 Å². The molecule has 0 spiro atoms. The van der Waals surface area contributed by atoms with Crippen LogP contribution < -0.4 is 14.6 Å². The number of carbonyl (C=O) groups excluding carboxylic acids is 1. The second-order valence-electron chi connectivity index (χ2n) is 6.00. The van der Waals surface area contributed by atoms with Crippen molar-refractivity contribution in [3.63, 3.8) is 0 Å². The van der Waals surface area contributed by atoms with Crippen LogP contribution in [0.15, 0.2) is 42.0 Å². The number of alkyl halides is 3. The highest BCUT2D eigenvalue weighted by molar-refractivity contribution is 5.93. The predicted molar refractivity (Wildman–Crippen MR) is 85.9 cm³/mol. The third-order valence-electron chi connectivity index (χ3n) is 3.93. The number of carboxylic acids is 1. The van der Waals surface area contributed by atoms with E-state index in [-0.39, 0.29) is 17.1 Å². The minimum Gasteiger partial charge on any atom is -0.545 e. The number of aryl methyl sites for hydroxylation is 2. The van der Waals surface area contributed by atoms with Crippen molar-refractivity contribution in [2.75, 3.05) is 0 Å². The van der Waals surface area contributed by atoms with E-state index in [1.807, 2.05) is 32.0 Å². The summed E-state index contributed by atoms with van der Waals surface area (Å²) in [6.07, 6.45) is -6.56. The zero-order valence-corrected chi connectivity index (χ0v) is 13.9. The van der Waals surface area contributed by atoms with Crippen molar-refractivity contribution < 1.29 is 32.5 Å². The smallest absolute Gasteiger partial charge is 0.429 e. The highest BCUT2D eigenvalue weighted by atomic mass is 19.4. The molecule has 4 nitrogen and oxygen atoms in total. The summed E-state index contributed by atoms with van der Waals surface area (Å²) in [5.41, 5.74) is 1.08. The number of hydrogen-bond donors (Lipinski definition) is 0. The Morgan fingerprint density at radius 3 is 2.54 bits per heavy atom. The predicted octanol–water partition coefficient (Wildman–Crippen LogP) is 3.55. The summed E-state index contributed by atoms with van der Waals surface area (Å²) >= 11 is 0. The summed E-state index contributed by atoms with van der Waals surface area (Å²) in [5, 5.41) is 11.0. The maximum Gasteiger partial charge on any atom is 0.429 e. The second kappa shape index (κ2) is 6.40. The normalized spacial score (nSPS) is 16.3. The monoisotopic (exact) mass is 363 g/mol. The first-order chi connectivity index (χ1) is 12.1. The van der Waals surface area contributed by atoms with E-state index < -0.39 is 23.8 Å². The molecule has 0 saturated heterocycles. The van der Waals surface area contributed by atoms with E-state index in [9.17, 15) is 23.1 Å². The fourth-order valence-corrected chi connectivity index (χ4v) is 2.59. The van der Waals surface area contributed by atoms with Crippen molar-refractivity contribution in [3.8, 4) is 17.2 Å². The van der Waals surface area contributed by atoms with Gasteiger partial charge in [-0.25, -0.2) is 0 Å². The lowest BCUT2D eigenvalue weighted by Gasteiger charge is -2.29. The highest BCUT2D eigenvalue weighted by Gasteiger charge is 2.46. The molecule has 0 aliphatic carbocycles. The minimum absolute atomic E-state index is 0.111. The van der Waals surface area contributed by atoms with Gasteiger partial charge in [0.05, 0.1) is 5.97 Å². The first kappa shape index (κ1) is 17.8. The largest absolute Gasteiger partial charge is 0.545 e. The van der Waals surface area contributed by atoms with Gasteiger partial charge in [-0.15, -0.1) is 0 Å². The van der Waals surface area contributed by atoms with Crippen molar-refractivity contribution in [2.24, 2.45) is 0 Å². The molecule has 0 unspecified atom stereocenters. The van der Waals surface area contributed by atoms with Gasteiger partial charge in [-0.2, -0.15) is 13.2 Å². The Morgan fingerprint density at radius 1 is 1.15 bits per heavy atom. The van der Waals surface area contributed by atoms with Crippen molar-refractivity contribution in [3.05, 3.63) is 58.7 Å². The lowest BCUT2D eigenvalue weighted by Crippen LogP contribution is -2.44. The number of carboxylic acid groups (broad SMARTS) is 1. The molecule has 26 heavy (non-hydrogen) atoms. The van der Waals surface area contributed by atoms with Crippen LogP contribution in [0.25, 0.3) is 6.08 Å². The van der Waals surface area contributed by atoms with Crippen molar-refractivity contribution in [2.45, 2.75) is 26.1 Å². The zero-order chi connectivity index (χ0) is 19.1. The van der Waals surface area contributed by atoms with Gasteiger partial charge in [0.25, 0.3) is 0 Å². The number of halogens is 3. The van der Waals surface area contributed by atoms with Crippen LogP contribution in [0.2, 0.25) is 0 Å². The van der Waals surface area contributed by atoms with E-state index in [2.05, 4.69) is 0 Å². The summed E-state index contributed by atoms with van der Waals surface area (Å²) in [6, 6.07) is 9.86. The van der Waals surface area contributed by atoms with Crippen LogP contribution in [-0.4, -0.2) is 18.2 Å². The van der Waals surface area contributed by atoms with Gasteiger partial charge in [0.1, 0.15) is 17.2 Å². The molecule has 1 atom stereocenters. The molecule has 2 aromatic carbocycles. The SMILES string of the molecule is Cc1ccc(C)c(Oc2ccc3c(c2)O[C@@H](C(F)(F)F)C(C(=O)[O-])=C3)c1. The van der Waals surface area contributed by atoms with Crippen LogP contribution in [0.1, 0.15) is 16.7 Å². The molecule has 136 valence electrons. The molecule has 0 amide bonds. The summed E-state index contributed by atoms with van der Waals surface area (Å²) in [4.78, 5) is 11.0. The Morgan fingerprint density at radius 2 is 1.88 bits per heavy atom. The van der Waals surface area contributed by atoms with Crippen LogP contribution >= 0.6 is 0 Å². The summed E-state index contributed by atoms with van der Waals surface area (Å²) < 4.78 is 50.0. The summed E-state index contributed by atoms with van der Waals surface area (Å²) in [5.74, 6) is -1.18. The average Bonchev–Trinajstić information content (AvgIpc) is 2.56. The van der Waals surface area contributed by atoms with Crippen LogP contribution in [0.3, 0.4) is 0 Å². The molecule has 0 bridgehead atoms. The highest BCUT2D eigenvalue weighted by Crippen LogP contribution is 2.39. The second-order valence-corrected chi connectivity index (χ2v) is 6.00. The van der Waals surface area contributed by atoms with E-state index in [0.29, 0.717) is 5.75 Å². The maximum atomic E-state index is 13.1. The topological polar surface area (TPSA) is 58.6 Å². The van der Waals surface area contributed by atoms with E-state index in [1.165, 1.54) is 18.2 Å². The molecule has 3 rings (SSSR count). The number of rotatable bonds is 3. The first-order valence-corrected chi connectivity index (χ1v) is 7.70. The fraction of sp³-hybridized carbons (Fsp3) is 0.211. The van der Waals surface area contributed by atoms with Gasteiger partial charge in [-0.3, -0.25) is 0 Å². The molecular weight excluding hydrogens is 349 g/mol. The number of fused-ring (bicyclic) bond motifs is 1. The Bertz CT molecular complexity index is 900. The number of ether oxygens (including phenoxy) is 2. The molecule has 0 radical (unpaired) electrons. The van der Waals surface area contributed by atoms with E-state index in [1.54, 1.807) is 0 Å². The molecule has 2 aromatic rings. The molecule has 0 N–H and O–H groups in total. The third-order valence-corrected chi connectivity index (χ3v) is 3.93. The van der Waals surface area contributed by atoms with Gasteiger partial charge in [-0.1, -0.05) is 12.1 Å². The molecule has 1 heterocycles. The number of carbonyl (C=O) groups is 1. The summed E-state index contributed by atoms with van der Waals surface area (Å²) in [6.45, 7) is 3.74. The number of benzene rings is 2. The molecule has 0 aromatic heterocycles. The van der Waals surface area contributed by atoms with E-state index in [4.69, 9.17) is 9.47 Å². The quantitative estimate of drug-likeness (QED) is 0.837. The Hall–Kier alpha value is -2.96. The van der Waals surface area contributed by atoms with E-state index in [0.717, 1.165) is 17.2 Å². The van der Waals surface area contributed by atoms with Gasteiger partial charge in [0.15, 0.2) is 0 Å². The lowest BCUT2D eigenvalue weighted by molar-refractivity contribution is -0.302. The maximum absolute atomic E-state index is 13.1. The standard InChI is InChI=1S/C19H15F3O4/c1-10-3-4-11(2)15(7-10)25-13-6-5-12-8-14(18(23)24)17(19(20,21)22)26-16(12)9-13/h3-9,17H,1-2H3,(H,23,24)/p-1/t17-/m1/s1. The van der Waals surface area contributed by atoms with Crippen LogP contribution in [-0.2, 0) is 4.79 Å². The number of aliphatic carboxylic acids is 1. The Balaban J connectivity index is 1.97. The molecule has 1 aliphatic rings. The average molecular weight is 363 g/mol. The molecule has 1 aliphatic heterocycles. The zero-order valence-electron chi connectivity index (χ0n) is 13.9. The Labute approximate surface area is 147 Å². The fourth-order valence-electron chi connectivity index (χ4n) is 2.59. The Kier molecular flexibility index (Phi) is 4.39. The van der Waals surface area contributed by atoms with Crippen LogP contribution in [0.4, 0.5) is 13.2 Å². The van der Waals surface area contributed by atoms with Crippen molar-refractivity contribution in [1.82, 2.24) is 0 Å². The number of hydrogen-bond acceptors (Lipinski definition) is 4. The molecule has 7 heteroatoms. The first-order valence-electron chi connectivity index (χ1n) is 7.70. The molecule has 0 fully saturated rings. The van der Waals surface area contributed by atoms with Gasteiger partial charge in [-0.05, 0) is 49.2 Å². The molecular formula is C19H14F3O4-. The van der Waals surface area contributed by atoms with Crippen molar-refractivity contribution in [1.29, 1.82) is 0 Å². The third kappa shape index (κ3) is 3.51. The lowest BCUT2D eigenvalue weighted by atomic mass is 10.0. The van der Waals surface area contributed by atoms with Crippen LogP contribution in [0, 0.1) is 13.8 Å². The van der Waals surface area contributed by atoms with Gasteiger partial charge in [0.2, 0.25) is 6.10 Å². The van der Waals surface area contributed by atoms with Gasteiger partial charge >= 0.3 is 6.18 Å². The minimum atomic E-state index is -4.88. The van der Waals surface area contributed by atoms with Crippen LogP contribution in [0.5, 0.6) is 17.2 Å².